The predicted molar refractivity (Wildman–Crippen MR) is 75.7 cm³/mol. The number of benzene rings is 1. The SMILES string of the molecule is CN1CCCN(C(=O)c2ccc(N)c([N+](=O)[O-])c2)CC1=O. The Bertz CT molecular complexity index is 602. The molecule has 0 radical (unpaired) electrons. The Balaban J connectivity index is 2.25. The number of likely N-dealkylation sites (N-methyl/N-ethyl adjacent to an activating group) is 1. The number of hydrogen-bond donors (Lipinski definition) is 1. The number of hydrogen-bond acceptors (Lipinski definition) is 5. The van der Waals surface area contributed by atoms with Gasteiger partial charge in [-0.15, -0.1) is 0 Å². The lowest BCUT2D eigenvalue weighted by molar-refractivity contribution is -0.383. The summed E-state index contributed by atoms with van der Waals surface area (Å²) in [5.41, 5.74) is 5.36. The van der Waals surface area contributed by atoms with E-state index in [4.69, 9.17) is 5.73 Å². The van der Waals surface area contributed by atoms with Crippen molar-refractivity contribution in [1.29, 1.82) is 0 Å². The monoisotopic (exact) mass is 292 g/mol. The van der Waals surface area contributed by atoms with E-state index in [2.05, 4.69) is 0 Å². The maximum atomic E-state index is 12.4. The molecule has 1 heterocycles. The van der Waals surface area contributed by atoms with Crippen molar-refractivity contribution in [3.8, 4) is 0 Å². The maximum absolute atomic E-state index is 12.4. The molecular weight excluding hydrogens is 276 g/mol. The topological polar surface area (TPSA) is 110 Å². The highest BCUT2D eigenvalue weighted by Gasteiger charge is 2.25. The smallest absolute Gasteiger partial charge is 0.292 e. The van der Waals surface area contributed by atoms with Crippen molar-refractivity contribution in [1.82, 2.24) is 9.80 Å². The molecule has 0 aromatic heterocycles. The first kappa shape index (κ1) is 14.8. The summed E-state index contributed by atoms with van der Waals surface area (Å²) >= 11 is 0. The fourth-order valence-corrected chi connectivity index (χ4v) is 2.18. The van der Waals surface area contributed by atoms with E-state index in [1.54, 1.807) is 11.9 Å². The van der Waals surface area contributed by atoms with Crippen LogP contribution in [-0.4, -0.2) is 53.2 Å². The standard InChI is InChI=1S/C13H16N4O4/c1-15-5-2-6-16(8-12(15)18)13(19)9-3-4-10(14)11(7-9)17(20)21/h3-4,7H,2,5-6,8,14H2,1H3. The number of amides is 2. The lowest BCUT2D eigenvalue weighted by Crippen LogP contribution is -2.38. The molecule has 8 heteroatoms. The number of nitrogen functional groups attached to an aromatic ring is 1. The summed E-state index contributed by atoms with van der Waals surface area (Å²) in [6.07, 6.45) is 0.672. The third kappa shape index (κ3) is 3.10. The van der Waals surface area contributed by atoms with Crippen LogP contribution in [0.15, 0.2) is 18.2 Å². The number of nitrogens with zero attached hydrogens (tertiary/aromatic N) is 3. The third-order valence-electron chi connectivity index (χ3n) is 3.43. The van der Waals surface area contributed by atoms with Crippen LogP contribution >= 0.6 is 0 Å². The van der Waals surface area contributed by atoms with Crippen LogP contribution in [-0.2, 0) is 4.79 Å². The number of nitro groups is 1. The zero-order chi connectivity index (χ0) is 15.6. The Morgan fingerprint density at radius 1 is 1.38 bits per heavy atom. The van der Waals surface area contributed by atoms with Crippen molar-refractivity contribution in [2.24, 2.45) is 0 Å². The van der Waals surface area contributed by atoms with Gasteiger partial charge in [-0.3, -0.25) is 19.7 Å². The quantitative estimate of drug-likeness (QED) is 0.484. The first-order valence-electron chi connectivity index (χ1n) is 6.47. The molecule has 112 valence electrons. The fourth-order valence-electron chi connectivity index (χ4n) is 2.18. The highest BCUT2D eigenvalue weighted by molar-refractivity contribution is 5.97. The average Bonchev–Trinajstić information content (AvgIpc) is 2.60. The third-order valence-corrected chi connectivity index (χ3v) is 3.43. The van der Waals surface area contributed by atoms with Gasteiger partial charge in [0.2, 0.25) is 5.91 Å². The number of rotatable bonds is 2. The molecule has 0 bridgehead atoms. The van der Waals surface area contributed by atoms with Crippen LogP contribution in [0.5, 0.6) is 0 Å². The van der Waals surface area contributed by atoms with Gasteiger partial charge in [0.25, 0.3) is 11.6 Å². The van der Waals surface area contributed by atoms with Crippen molar-refractivity contribution >= 4 is 23.2 Å². The van der Waals surface area contributed by atoms with Gasteiger partial charge in [-0.05, 0) is 18.6 Å². The predicted octanol–water partition coefficient (Wildman–Crippen LogP) is 0.481. The number of carbonyl (C=O) groups excluding carboxylic acids is 2. The molecule has 1 aromatic rings. The molecule has 0 aliphatic carbocycles. The molecule has 2 rings (SSSR count). The van der Waals surface area contributed by atoms with Crippen LogP contribution in [0, 0.1) is 10.1 Å². The molecule has 0 saturated carbocycles. The van der Waals surface area contributed by atoms with Gasteiger partial charge in [-0.2, -0.15) is 0 Å². The number of carbonyl (C=O) groups is 2. The van der Waals surface area contributed by atoms with Gasteiger partial charge in [0.05, 0.1) is 4.92 Å². The lowest BCUT2D eigenvalue weighted by Gasteiger charge is -2.19. The maximum Gasteiger partial charge on any atom is 0.292 e. The van der Waals surface area contributed by atoms with E-state index in [0.29, 0.717) is 19.5 Å². The van der Waals surface area contributed by atoms with Crippen molar-refractivity contribution in [2.75, 3.05) is 32.4 Å². The zero-order valence-electron chi connectivity index (χ0n) is 11.6. The van der Waals surface area contributed by atoms with Crippen LogP contribution < -0.4 is 5.73 Å². The molecular formula is C13H16N4O4. The summed E-state index contributed by atoms with van der Waals surface area (Å²) in [5, 5.41) is 10.9. The molecule has 0 unspecified atom stereocenters. The lowest BCUT2D eigenvalue weighted by atomic mass is 10.1. The fraction of sp³-hybridized carbons (Fsp3) is 0.385. The zero-order valence-corrected chi connectivity index (χ0v) is 11.6. The van der Waals surface area contributed by atoms with Gasteiger partial charge in [0, 0.05) is 31.8 Å². The summed E-state index contributed by atoms with van der Waals surface area (Å²) in [6.45, 7) is 1.01. The Labute approximate surface area is 121 Å². The van der Waals surface area contributed by atoms with Gasteiger partial charge in [-0.1, -0.05) is 0 Å². The number of nitro benzene ring substituents is 1. The second kappa shape index (κ2) is 5.78. The minimum Gasteiger partial charge on any atom is -0.393 e. The minimum atomic E-state index is -0.631. The van der Waals surface area contributed by atoms with Crippen molar-refractivity contribution in [3.63, 3.8) is 0 Å². The van der Waals surface area contributed by atoms with E-state index >= 15 is 0 Å². The Morgan fingerprint density at radius 3 is 2.76 bits per heavy atom. The van der Waals surface area contributed by atoms with Crippen LogP contribution in [0.2, 0.25) is 0 Å². The summed E-state index contributed by atoms with van der Waals surface area (Å²) in [6, 6.07) is 3.91. The molecule has 1 saturated heterocycles. The van der Waals surface area contributed by atoms with Crippen LogP contribution in [0.1, 0.15) is 16.8 Å². The largest absolute Gasteiger partial charge is 0.393 e. The second-order valence-corrected chi connectivity index (χ2v) is 4.93. The Morgan fingerprint density at radius 2 is 2.10 bits per heavy atom. The molecule has 21 heavy (non-hydrogen) atoms. The normalized spacial score (nSPS) is 15.8. The van der Waals surface area contributed by atoms with Gasteiger partial charge >= 0.3 is 0 Å². The van der Waals surface area contributed by atoms with Gasteiger partial charge in [-0.25, -0.2) is 0 Å². The van der Waals surface area contributed by atoms with Crippen molar-refractivity contribution in [2.45, 2.75) is 6.42 Å². The molecule has 0 atom stereocenters. The van der Waals surface area contributed by atoms with E-state index in [-0.39, 0.29) is 29.4 Å². The van der Waals surface area contributed by atoms with E-state index in [9.17, 15) is 19.7 Å². The number of nitrogens with two attached hydrogens (primary N) is 1. The van der Waals surface area contributed by atoms with Gasteiger partial charge < -0.3 is 15.5 Å². The molecule has 8 nitrogen and oxygen atoms in total. The summed E-state index contributed by atoms with van der Waals surface area (Å²) < 4.78 is 0. The Kier molecular flexibility index (Phi) is 4.06. The minimum absolute atomic E-state index is 0.00299. The molecule has 1 aliphatic heterocycles. The van der Waals surface area contributed by atoms with Crippen molar-refractivity contribution in [3.05, 3.63) is 33.9 Å². The van der Waals surface area contributed by atoms with Gasteiger partial charge in [0.15, 0.2) is 0 Å². The average molecular weight is 292 g/mol. The molecule has 1 aliphatic rings. The van der Waals surface area contributed by atoms with Crippen LogP contribution in [0.25, 0.3) is 0 Å². The first-order valence-corrected chi connectivity index (χ1v) is 6.47. The molecule has 0 spiro atoms. The van der Waals surface area contributed by atoms with Gasteiger partial charge in [0.1, 0.15) is 12.2 Å². The van der Waals surface area contributed by atoms with E-state index in [1.807, 2.05) is 0 Å². The highest BCUT2D eigenvalue weighted by Crippen LogP contribution is 2.23. The molecule has 2 N–H and O–H groups in total. The molecule has 1 fully saturated rings. The first-order chi connectivity index (χ1) is 9.90. The van der Waals surface area contributed by atoms with Crippen LogP contribution in [0.4, 0.5) is 11.4 Å². The van der Waals surface area contributed by atoms with E-state index < -0.39 is 10.8 Å². The molecule has 1 aromatic carbocycles. The highest BCUT2D eigenvalue weighted by atomic mass is 16.6. The van der Waals surface area contributed by atoms with E-state index in [0.717, 1.165) is 6.07 Å². The second-order valence-electron chi connectivity index (χ2n) is 4.93. The summed E-state index contributed by atoms with van der Waals surface area (Å²) in [4.78, 5) is 37.4. The summed E-state index contributed by atoms with van der Waals surface area (Å²) in [7, 11) is 1.68. The Hall–Kier alpha value is -2.64. The van der Waals surface area contributed by atoms with Crippen LogP contribution in [0.3, 0.4) is 0 Å². The summed E-state index contributed by atoms with van der Waals surface area (Å²) in [5.74, 6) is -0.549. The molecule has 2 amide bonds. The number of anilines is 1. The van der Waals surface area contributed by atoms with E-state index in [1.165, 1.54) is 17.0 Å². The van der Waals surface area contributed by atoms with Crippen molar-refractivity contribution < 1.29 is 14.5 Å².